The van der Waals surface area contributed by atoms with Crippen molar-refractivity contribution in [1.82, 2.24) is 0 Å². The second-order valence-corrected chi connectivity index (χ2v) is 7.86. The van der Waals surface area contributed by atoms with Crippen LogP contribution in [-0.2, 0) is 0 Å². The zero-order valence-electron chi connectivity index (χ0n) is 15.6. The van der Waals surface area contributed by atoms with Gasteiger partial charge >= 0.3 is 0 Å². The molecule has 0 heterocycles. The minimum absolute atomic E-state index is 0.00711. The Morgan fingerprint density at radius 1 is 1.03 bits per heavy atom. The van der Waals surface area contributed by atoms with Gasteiger partial charge in [-0.15, -0.1) is 11.8 Å². The minimum atomic E-state index is -0.00711. The molecular weight excluding hydrogens is 424 g/mol. The molecule has 29 heavy (non-hydrogen) atoms. The summed E-state index contributed by atoms with van der Waals surface area (Å²) in [5.74, 6) is 1.00. The maximum absolute atomic E-state index is 12.4. The van der Waals surface area contributed by atoms with E-state index < -0.39 is 0 Å². The van der Waals surface area contributed by atoms with Crippen LogP contribution in [0.4, 0.5) is 11.4 Å². The van der Waals surface area contributed by atoms with Gasteiger partial charge in [0, 0.05) is 16.1 Å². The molecule has 3 aromatic carbocycles. The predicted molar refractivity (Wildman–Crippen MR) is 126 cm³/mol. The molecule has 0 unspecified atom stereocenters. The molecule has 7 heteroatoms. The molecule has 0 aliphatic rings. The highest BCUT2D eigenvalue weighted by molar-refractivity contribution is 8.00. The summed E-state index contributed by atoms with van der Waals surface area (Å²) in [5, 5.41) is 7.20. The Balaban J connectivity index is 1.60. The fourth-order valence-corrected chi connectivity index (χ4v) is 3.92. The maximum atomic E-state index is 12.4. The molecule has 0 saturated carbocycles. The SMILES string of the molecule is COc1ccccc1NC(=S)Nc1cccc(SCC(=O)c2ccccc2Cl)c1. The quantitative estimate of drug-likeness (QED) is 0.260. The van der Waals surface area contributed by atoms with Crippen molar-refractivity contribution in [3.05, 3.63) is 83.4 Å². The van der Waals surface area contributed by atoms with Gasteiger partial charge in [0.1, 0.15) is 5.75 Å². The van der Waals surface area contributed by atoms with Gasteiger partial charge in [-0.25, -0.2) is 0 Å². The summed E-state index contributed by atoms with van der Waals surface area (Å²) in [5.41, 5.74) is 2.15. The first kappa shape index (κ1) is 21.2. The van der Waals surface area contributed by atoms with Gasteiger partial charge in [-0.3, -0.25) is 4.79 Å². The van der Waals surface area contributed by atoms with Crippen molar-refractivity contribution < 1.29 is 9.53 Å². The number of carbonyl (C=O) groups excluding carboxylic acids is 1. The number of ketones is 1. The van der Waals surface area contributed by atoms with Crippen LogP contribution in [0, 0.1) is 0 Å². The van der Waals surface area contributed by atoms with Crippen molar-refractivity contribution in [3.8, 4) is 5.75 Å². The Morgan fingerprint density at radius 2 is 1.79 bits per heavy atom. The van der Waals surface area contributed by atoms with Crippen molar-refractivity contribution in [2.24, 2.45) is 0 Å². The number of nitrogens with one attached hydrogen (secondary N) is 2. The molecule has 0 saturated heterocycles. The standard InChI is InChI=1S/C22H19ClN2O2S2/c1-27-21-12-5-4-11-19(21)25-22(28)24-15-7-6-8-16(13-15)29-14-20(26)17-9-2-3-10-18(17)23/h2-13H,14H2,1H3,(H2,24,25,28). The van der Waals surface area contributed by atoms with Crippen molar-refractivity contribution in [2.45, 2.75) is 4.90 Å². The molecule has 3 aromatic rings. The van der Waals surface area contributed by atoms with E-state index in [9.17, 15) is 4.79 Å². The number of carbonyl (C=O) groups is 1. The first-order valence-corrected chi connectivity index (χ1v) is 10.6. The van der Waals surface area contributed by atoms with E-state index in [0.29, 0.717) is 27.2 Å². The van der Waals surface area contributed by atoms with Gasteiger partial charge in [0.15, 0.2) is 10.9 Å². The van der Waals surface area contributed by atoms with Gasteiger partial charge < -0.3 is 15.4 Å². The summed E-state index contributed by atoms with van der Waals surface area (Å²) in [4.78, 5) is 13.4. The third-order valence-corrected chi connectivity index (χ3v) is 5.52. The molecule has 148 valence electrons. The lowest BCUT2D eigenvalue weighted by Gasteiger charge is -2.13. The molecule has 2 N–H and O–H groups in total. The zero-order valence-corrected chi connectivity index (χ0v) is 18.0. The second-order valence-electron chi connectivity index (χ2n) is 6.00. The van der Waals surface area contributed by atoms with Gasteiger partial charge in [-0.1, -0.05) is 41.9 Å². The van der Waals surface area contributed by atoms with Crippen LogP contribution in [0.25, 0.3) is 0 Å². The highest BCUT2D eigenvalue weighted by atomic mass is 35.5. The van der Waals surface area contributed by atoms with E-state index in [2.05, 4.69) is 10.6 Å². The lowest BCUT2D eigenvalue weighted by atomic mass is 10.1. The molecule has 0 fully saturated rings. The van der Waals surface area contributed by atoms with Crippen molar-refractivity contribution >= 4 is 57.9 Å². The Labute approximate surface area is 184 Å². The number of ether oxygens (including phenoxy) is 1. The van der Waals surface area contributed by atoms with Gasteiger partial charge in [0.2, 0.25) is 0 Å². The number of benzene rings is 3. The normalized spacial score (nSPS) is 10.3. The molecular formula is C22H19ClN2O2S2. The van der Waals surface area contributed by atoms with E-state index >= 15 is 0 Å². The fraction of sp³-hybridized carbons (Fsp3) is 0.0909. The summed E-state index contributed by atoms with van der Waals surface area (Å²) in [7, 11) is 1.61. The Morgan fingerprint density at radius 3 is 2.59 bits per heavy atom. The number of methoxy groups -OCH3 is 1. The topological polar surface area (TPSA) is 50.4 Å². The third kappa shape index (κ3) is 5.97. The van der Waals surface area contributed by atoms with E-state index in [0.717, 1.165) is 16.3 Å². The van der Waals surface area contributed by atoms with Crippen LogP contribution < -0.4 is 15.4 Å². The summed E-state index contributed by atoms with van der Waals surface area (Å²) >= 11 is 13.0. The molecule has 0 bridgehead atoms. The van der Waals surface area contributed by atoms with Gasteiger partial charge in [0.25, 0.3) is 0 Å². The smallest absolute Gasteiger partial charge is 0.175 e. The first-order chi connectivity index (χ1) is 14.1. The largest absolute Gasteiger partial charge is 0.495 e. The Hall–Kier alpha value is -2.54. The van der Waals surface area contributed by atoms with Crippen LogP contribution in [-0.4, -0.2) is 23.8 Å². The number of hydrogen-bond donors (Lipinski definition) is 2. The minimum Gasteiger partial charge on any atom is -0.495 e. The Bertz CT molecular complexity index is 1030. The van der Waals surface area contributed by atoms with Crippen LogP contribution in [0.1, 0.15) is 10.4 Å². The van der Waals surface area contributed by atoms with Crippen LogP contribution in [0.3, 0.4) is 0 Å². The van der Waals surface area contributed by atoms with E-state index in [1.165, 1.54) is 11.8 Å². The number of rotatable bonds is 7. The highest BCUT2D eigenvalue weighted by Gasteiger charge is 2.10. The predicted octanol–water partition coefficient (Wildman–Crippen LogP) is 6.13. The molecule has 0 atom stereocenters. The van der Waals surface area contributed by atoms with E-state index in [1.807, 2.05) is 60.7 Å². The molecule has 0 radical (unpaired) electrons. The lowest BCUT2D eigenvalue weighted by Crippen LogP contribution is -2.19. The number of hydrogen-bond acceptors (Lipinski definition) is 4. The number of para-hydroxylation sites is 2. The van der Waals surface area contributed by atoms with Crippen molar-refractivity contribution in [2.75, 3.05) is 23.5 Å². The lowest BCUT2D eigenvalue weighted by molar-refractivity contribution is 0.102. The number of Topliss-reactive ketones (excluding diaryl/α,β-unsaturated/α-hetero) is 1. The van der Waals surface area contributed by atoms with Crippen LogP contribution >= 0.6 is 35.6 Å². The van der Waals surface area contributed by atoms with E-state index in [4.69, 9.17) is 28.6 Å². The molecule has 0 spiro atoms. The number of thiocarbonyl (C=S) groups is 1. The molecule has 0 aliphatic heterocycles. The second kappa shape index (κ2) is 10.3. The number of thioether (sulfide) groups is 1. The monoisotopic (exact) mass is 442 g/mol. The van der Waals surface area contributed by atoms with E-state index in [1.54, 1.807) is 19.2 Å². The average Bonchev–Trinajstić information content (AvgIpc) is 2.73. The van der Waals surface area contributed by atoms with Crippen LogP contribution in [0.5, 0.6) is 5.75 Å². The molecule has 3 rings (SSSR count). The molecule has 0 aliphatic carbocycles. The van der Waals surface area contributed by atoms with Crippen LogP contribution in [0.15, 0.2) is 77.7 Å². The van der Waals surface area contributed by atoms with Gasteiger partial charge in [0.05, 0.1) is 23.6 Å². The van der Waals surface area contributed by atoms with E-state index in [-0.39, 0.29) is 5.78 Å². The first-order valence-electron chi connectivity index (χ1n) is 8.78. The van der Waals surface area contributed by atoms with Crippen molar-refractivity contribution in [3.63, 3.8) is 0 Å². The zero-order chi connectivity index (χ0) is 20.6. The average molecular weight is 443 g/mol. The molecule has 0 amide bonds. The summed E-state index contributed by atoms with van der Waals surface area (Å²) in [6, 6.07) is 22.3. The number of halogens is 1. The maximum Gasteiger partial charge on any atom is 0.175 e. The van der Waals surface area contributed by atoms with Crippen molar-refractivity contribution in [1.29, 1.82) is 0 Å². The highest BCUT2D eigenvalue weighted by Crippen LogP contribution is 2.26. The summed E-state index contributed by atoms with van der Waals surface area (Å²) in [6.45, 7) is 0. The molecule has 4 nitrogen and oxygen atoms in total. The Kier molecular flexibility index (Phi) is 7.52. The summed E-state index contributed by atoms with van der Waals surface area (Å²) in [6.07, 6.45) is 0. The molecule has 0 aromatic heterocycles. The van der Waals surface area contributed by atoms with Gasteiger partial charge in [-0.2, -0.15) is 0 Å². The van der Waals surface area contributed by atoms with Crippen LogP contribution in [0.2, 0.25) is 5.02 Å². The number of anilines is 2. The van der Waals surface area contributed by atoms with Gasteiger partial charge in [-0.05, 0) is 54.7 Å². The third-order valence-electron chi connectivity index (χ3n) is 3.99. The summed E-state index contributed by atoms with van der Waals surface area (Å²) < 4.78 is 5.32. The fourth-order valence-electron chi connectivity index (χ4n) is 2.61.